The van der Waals surface area contributed by atoms with E-state index in [0.29, 0.717) is 0 Å². The van der Waals surface area contributed by atoms with Crippen LogP contribution in [0.2, 0.25) is 0 Å². The van der Waals surface area contributed by atoms with E-state index in [1.54, 1.807) is 7.11 Å². The normalized spacial score (nSPS) is 18.2. The SMILES string of the molecule is COc1ccc(CNc2cc(C)n(C3CCCCO3)n2)cc1. The van der Waals surface area contributed by atoms with E-state index in [-0.39, 0.29) is 6.23 Å². The molecule has 118 valence electrons. The molecule has 1 unspecified atom stereocenters. The first-order valence-electron chi connectivity index (χ1n) is 7.81. The maximum atomic E-state index is 5.81. The van der Waals surface area contributed by atoms with Crippen LogP contribution >= 0.6 is 0 Å². The molecule has 1 aliphatic heterocycles. The van der Waals surface area contributed by atoms with Crippen molar-refractivity contribution in [2.75, 3.05) is 19.0 Å². The molecule has 2 aromatic rings. The predicted octanol–water partition coefficient (Wildman–Crippen LogP) is 3.51. The molecule has 1 aromatic heterocycles. The molecule has 0 spiro atoms. The van der Waals surface area contributed by atoms with Gasteiger partial charge in [-0.3, -0.25) is 0 Å². The monoisotopic (exact) mass is 301 g/mol. The van der Waals surface area contributed by atoms with Gasteiger partial charge in [0.05, 0.1) is 7.11 Å². The van der Waals surface area contributed by atoms with Crippen LogP contribution < -0.4 is 10.1 Å². The lowest BCUT2D eigenvalue weighted by atomic mass is 10.2. The van der Waals surface area contributed by atoms with Gasteiger partial charge in [-0.1, -0.05) is 12.1 Å². The average molecular weight is 301 g/mol. The smallest absolute Gasteiger partial charge is 0.150 e. The summed E-state index contributed by atoms with van der Waals surface area (Å²) < 4.78 is 13.0. The number of hydrogen-bond acceptors (Lipinski definition) is 4. The van der Waals surface area contributed by atoms with Crippen LogP contribution in [0.4, 0.5) is 5.82 Å². The molecule has 5 heteroatoms. The molecule has 0 bridgehead atoms. The minimum atomic E-state index is 0.0882. The van der Waals surface area contributed by atoms with Crippen LogP contribution in [-0.4, -0.2) is 23.5 Å². The van der Waals surface area contributed by atoms with Gasteiger partial charge < -0.3 is 14.8 Å². The molecule has 0 radical (unpaired) electrons. The van der Waals surface area contributed by atoms with E-state index >= 15 is 0 Å². The molecule has 5 nitrogen and oxygen atoms in total. The van der Waals surface area contributed by atoms with E-state index in [9.17, 15) is 0 Å². The zero-order valence-corrected chi connectivity index (χ0v) is 13.2. The summed E-state index contributed by atoms with van der Waals surface area (Å²) in [6.45, 7) is 3.65. The number of ether oxygens (including phenoxy) is 2. The van der Waals surface area contributed by atoms with Gasteiger partial charge in [0, 0.05) is 24.9 Å². The Morgan fingerprint density at radius 3 is 2.82 bits per heavy atom. The lowest BCUT2D eigenvalue weighted by Gasteiger charge is -2.23. The molecule has 0 aliphatic carbocycles. The van der Waals surface area contributed by atoms with E-state index < -0.39 is 0 Å². The summed E-state index contributed by atoms with van der Waals surface area (Å²) in [6, 6.07) is 10.1. The second-order valence-corrected chi connectivity index (χ2v) is 5.64. The molecule has 1 fully saturated rings. The Morgan fingerprint density at radius 2 is 2.14 bits per heavy atom. The number of rotatable bonds is 5. The Hall–Kier alpha value is -2.01. The second kappa shape index (κ2) is 6.83. The molecule has 1 N–H and O–H groups in total. The summed E-state index contributed by atoms with van der Waals surface area (Å²) in [7, 11) is 1.68. The predicted molar refractivity (Wildman–Crippen MR) is 86.1 cm³/mol. The van der Waals surface area contributed by atoms with Crippen LogP contribution in [0.15, 0.2) is 30.3 Å². The Labute approximate surface area is 131 Å². The van der Waals surface area contributed by atoms with Crippen molar-refractivity contribution < 1.29 is 9.47 Å². The molecule has 1 aromatic carbocycles. The van der Waals surface area contributed by atoms with Gasteiger partial charge in [-0.2, -0.15) is 5.10 Å². The van der Waals surface area contributed by atoms with Crippen LogP contribution in [0.5, 0.6) is 5.75 Å². The molecule has 0 amide bonds. The van der Waals surface area contributed by atoms with Crippen molar-refractivity contribution in [2.24, 2.45) is 0 Å². The summed E-state index contributed by atoms with van der Waals surface area (Å²) in [6.07, 6.45) is 3.49. The van der Waals surface area contributed by atoms with Gasteiger partial charge >= 0.3 is 0 Å². The number of aryl methyl sites for hydroxylation is 1. The van der Waals surface area contributed by atoms with Gasteiger partial charge in [-0.05, 0) is 43.9 Å². The summed E-state index contributed by atoms with van der Waals surface area (Å²) in [4.78, 5) is 0. The van der Waals surface area contributed by atoms with Crippen molar-refractivity contribution in [3.05, 3.63) is 41.6 Å². The van der Waals surface area contributed by atoms with E-state index in [4.69, 9.17) is 9.47 Å². The minimum absolute atomic E-state index is 0.0882. The van der Waals surface area contributed by atoms with E-state index in [1.165, 1.54) is 12.0 Å². The van der Waals surface area contributed by atoms with Crippen LogP contribution in [-0.2, 0) is 11.3 Å². The molecular formula is C17H23N3O2. The van der Waals surface area contributed by atoms with Gasteiger partial charge in [-0.25, -0.2) is 4.68 Å². The molecule has 22 heavy (non-hydrogen) atoms. The summed E-state index contributed by atoms with van der Waals surface area (Å²) in [5.74, 6) is 1.76. The Bertz CT molecular complexity index is 601. The highest BCUT2D eigenvalue weighted by atomic mass is 16.5. The second-order valence-electron chi connectivity index (χ2n) is 5.64. The number of methoxy groups -OCH3 is 1. The fourth-order valence-electron chi connectivity index (χ4n) is 2.72. The number of hydrogen-bond donors (Lipinski definition) is 1. The first kappa shape index (κ1) is 14.9. The number of aromatic nitrogens is 2. The van der Waals surface area contributed by atoms with Gasteiger partial charge in [0.25, 0.3) is 0 Å². The van der Waals surface area contributed by atoms with Gasteiger partial charge in [0.1, 0.15) is 11.6 Å². The lowest BCUT2D eigenvalue weighted by molar-refractivity contribution is -0.0404. The van der Waals surface area contributed by atoms with E-state index in [1.807, 2.05) is 16.8 Å². The van der Waals surface area contributed by atoms with Crippen LogP contribution in [0.25, 0.3) is 0 Å². The Balaban J connectivity index is 1.62. The average Bonchev–Trinajstić information content (AvgIpc) is 2.95. The standard InChI is InChI=1S/C17H23N3O2/c1-13-11-16(19-20(13)17-5-3-4-10-22-17)18-12-14-6-8-15(21-2)9-7-14/h6-9,11,17H,3-5,10,12H2,1-2H3,(H,18,19). The van der Waals surface area contributed by atoms with Gasteiger partial charge in [-0.15, -0.1) is 0 Å². The van der Waals surface area contributed by atoms with E-state index in [2.05, 4.69) is 35.5 Å². The third kappa shape index (κ3) is 3.42. The number of benzene rings is 1. The molecule has 0 saturated carbocycles. The highest BCUT2D eigenvalue weighted by molar-refractivity contribution is 5.37. The molecule has 1 aliphatic rings. The number of nitrogens with one attached hydrogen (secondary N) is 1. The zero-order chi connectivity index (χ0) is 15.4. The number of anilines is 1. The highest BCUT2D eigenvalue weighted by Gasteiger charge is 2.18. The van der Waals surface area contributed by atoms with Gasteiger partial charge in [0.15, 0.2) is 6.23 Å². The van der Waals surface area contributed by atoms with Crippen molar-refractivity contribution in [2.45, 2.75) is 39.0 Å². The lowest BCUT2D eigenvalue weighted by Crippen LogP contribution is -2.20. The van der Waals surface area contributed by atoms with Crippen LogP contribution in [0.3, 0.4) is 0 Å². The third-order valence-corrected chi connectivity index (χ3v) is 3.98. The molecule has 1 atom stereocenters. The summed E-state index contributed by atoms with van der Waals surface area (Å²) >= 11 is 0. The Morgan fingerprint density at radius 1 is 1.32 bits per heavy atom. The maximum Gasteiger partial charge on any atom is 0.150 e. The van der Waals surface area contributed by atoms with E-state index in [0.717, 1.165) is 43.3 Å². The number of nitrogens with zero attached hydrogens (tertiary/aromatic N) is 2. The minimum Gasteiger partial charge on any atom is -0.497 e. The molecule has 1 saturated heterocycles. The van der Waals surface area contributed by atoms with Crippen molar-refractivity contribution >= 4 is 5.82 Å². The zero-order valence-electron chi connectivity index (χ0n) is 13.2. The molecule has 3 rings (SSSR count). The maximum absolute atomic E-state index is 5.81. The molecular weight excluding hydrogens is 278 g/mol. The van der Waals surface area contributed by atoms with Crippen LogP contribution in [0.1, 0.15) is 36.7 Å². The first-order chi connectivity index (χ1) is 10.8. The van der Waals surface area contributed by atoms with Crippen molar-refractivity contribution in [1.29, 1.82) is 0 Å². The Kier molecular flexibility index (Phi) is 4.63. The van der Waals surface area contributed by atoms with Crippen molar-refractivity contribution in [3.8, 4) is 5.75 Å². The largest absolute Gasteiger partial charge is 0.497 e. The highest BCUT2D eigenvalue weighted by Crippen LogP contribution is 2.24. The van der Waals surface area contributed by atoms with Crippen molar-refractivity contribution in [1.82, 2.24) is 9.78 Å². The third-order valence-electron chi connectivity index (χ3n) is 3.98. The fourth-order valence-corrected chi connectivity index (χ4v) is 2.72. The summed E-state index contributed by atoms with van der Waals surface area (Å²) in [5, 5.41) is 8.01. The first-order valence-corrected chi connectivity index (χ1v) is 7.81. The summed E-state index contributed by atoms with van der Waals surface area (Å²) in [5.41, 5.74) is 2.33. The van der Waals surface area contributed by atoms with Crippen molar-refractivity contribution in [3.63, 3.8) is 0 Å². The molecule has 2 heterocycles. The quantitative estimate of drug-likeness (QED) is 0.918. The van der Waals surface area contributed by atoms with Crippen LogP contribution in [0, 0.1) is 6.92 Å². The topological polar surface area (TPSA) is 48.3 Å². The fraction of sp³-hybridized carbons (Fsp3) is 0.471. The van der Waals surface area contributed by atoms with Gasteiger partial charge in [0.2, 0.25) is 0 Å².